The summed E-state index contributed by atoms with van der Waals surface area (Å²) in [6, 6.07) is 0. The van der Waals surface area contributed by atoms with Gasteiger partial charge in [-0.05, 0) is 6.92 Å². The Morgan fingerprint density at radius 3 is 3.00 bits per heavy atom. The Balaban J connectivity index is 2.29. The second-order valence-corrected chi connectivity index (χ2v) is 3.31. The minimum atomic E-state index is -1.08. The van der Waals surface area contributed by atoms with Gasteiger partial charge in [0.15, 0.2) is 5.69 Å². The van der Waals surface area contributed by atoms with E-state index < -0.39 is 5.97 Å². The van der Waals surface area contributed by atoms with E-state index in [9.17, 15) is 4.79 Å². The van der Waals surface area contributed by atoms with Crippen LogP contribution < -0.4 is 0 Å². The van der Waals surface area contributed by atoms with Crippen LogP contribution in [0.25, 0.3) is 0 Å². The second-order valence-electron chi connectivity index (χ2n) is 3.31. The number of carboxylic acid groups (broad SMARTS) is 1. The van der Waals surface area contributed by atoms with E-state index in [1.165, 1.54) is 10.9 Å². The number of nitrogens with zero attached hydrogens (tertiary/aromatic N) is 3. The van der Waals surface area contributed by atoms with E-state index in [1.807, 2.05) is 6.92 Å². The molecular formula is C9H15N3O4. The van der Waals surface area contributed by atoms with Crippen LogP contribution in [-0.2, 0) is 16.0 Å². The molecule has 1 N–H and O–H groups in total. The summed E-state index contributed by atoms with van der Waals surface area (Å²) in [5.74, 6) is -1.08. The lowest BCUT2D eigenvalue weighted by Crippen LogP contribution is -2.18. The molecule has 0 fully saturated rings. The molecule has 0 radical (unpaired) electrons. The molecule has 0 aromatic carbocycles. The predicted molar refractivity (Wildman–Crippen MR) is 54.3 cm³/mol. The molecule has 0 aliphatic heterocycles. The van der Waals surface area contributed by atoms with Crippen molar-refractivity contribution in [2.45, 2.75) is 19.6 Å². The highest BCUT2D eigenvalue weighted by atomic mass is 16.5. The Morgan fingerprint density at radius 1 is 1.69 bits per heavy atom. The normalized spacial score (nSPS) is 12.6. The molecule has 1 atom stereocenters. The van der Waals surface area contributed by atoms with E-state index in [1.54, 1.807) is 7.11 Å². The van der Waals surface area contributed by atoms with E-state index in [0.717, 1.165) is 0 Å². The summed E-state index contributed by atoms with van der Waals surface area (Å²) in [6.45, 7) is 3.33. The zero-order chi connectivity index (χ0) is 12.0. The molecule has 0 bridgehead atoms. The first-order valence-electron chi connectivity index (χ1n) is 4.87. The van der Waals surface area contributed by atoms with Gasteiger partial charge in [0, 0.05) is 7.11 Å². The van der Waals surface area contributed by atoms with Crippen molar-refractivity contribution in [3.05, 3.63) is 11.9 Å². The number of methoxy groups -OCH3 is 1. The number of hydrogen-bond donors (Lipinski definition) is 1. The van der Waals surface area contributed by atoms with Crippen molar-refractivity contribution in [2.75, 3.05) is 20.3 Å². The molecule has 0 aliphatic carbocycles. The van der Waals surface area contributed by atoms with Crippen molar-refractivity contribution in [3.8, 4) is 0 Å². The van der Waals surface area contributed by atoms with E-state index in [-0.39, 0.29) is 11.8 Å². The van der Waals surface area contributed by atoms with Crippen LogP contribution in [0.4, 0.5) is 0 Å². The van der Waals surface area contributed by atoms with E-state index in [4.69, 9.17) is 14.6 Å². The number of aromatic carboxylic acids is 1. The van der Waals surface area contributed by atoms with Gasteiger partial charge >= 0.3 is 5.97 Å². The lowest BCUT2D eigenvalue weighted by Gasteiger charge is -2.11. The Bertz CT molecular complexity index is 339. The third-order valence-electron chi connectivity index (χ3n) is 1.88. The third kappa shape index (κ3) is 3.95. The summed E-state index contributed by atoms with van der Waals surface area (Å²) in [7, 11) is 1.61. The van der Waals surface area contributed by atoms with Crippen LogP contribution in [0.15, 0.2) is 6.20 Å². The van der Waals surface area contributed by atoms with E-state index in [2.05, 4.69) is 10.3 Å². The van der Waals surface area contributed by atoms with Gasteiger partial charge in [-0.2, -0.15) is 0 Å². The first-order valence-corrected chi connectivity index (χ1v) is 4.87. The minimum Gasteiger partial charge on any atom is -0.476 e. The molecule has 16 heavy (non-hydrogen) atoms. The van der Waals surface area contributed by atoms with Crippen LogP contribution in [0.2, 0.25) is 0 Å². The first kappa shape index (κ1) is 12.6. The highest BCUT2D eigenvalue weighted by Gasteiger charge is 2.08. The number of carboxylic acids is 1. The highest BCUT2D eigenvalue weighted by molar-refractivity contribution is 5.84. The van der Waals surface area contributed by atoms with Gasteiger partial charge < -0.3 is 14.6 Å². The zero-order valence-electron chi connectivity index (χ0n) is 9.29. The molecule has 0 spiro atoms. The SMILES string of the molecule is COCC(C)OCCn1cc(C(=O)O)nn1. The van der Waals surface area contributed by atoms with Gasteiger partial charge in [-0.3, -0.25) is 0 Å². The number of aromatic nitrogens is 3. The average molecular weight is 229 g/mol. The number of carbonyl (C=O) groups is 1. The third-order valence-corrected chi connectivity index (χ3v) is 1.88. The van der Waals surface area contributed by atoms with Crippen LogP contribution >= 0.6 is 0 Å². The maximum Gasteiger partial charge on any atom is 0.358 e. The lowest BCUT2D eigenvalue weighted by atomic mass is 10.4. The summed E-state index contributed by atoms with van der Waals surface area (Å²) in [5, 5.41) is 15.8. The van der Waals surface area contributed by atoms with Crippen LogP contribution in [0.3, 0.4) is 0 Å². The van der Waals surface area contributed by atoms with Gasteiger partial charge in [-0.15, -0.1) is 5.10 Å². The largest absolute Gasteiger partial charge is 0.476 e. The van der Waals surface area contributed by atoms with Crippen LogP contribution in [0.1, 0.15) is 17.4 Å². The van der Waals surface area contributed by atoms with Crippen LogP contribution in [-0.4, -0.2) is 52.5 Å². The molecular weight excluding hydrogens is 214 g/mol. The molecule has 0 amide bonds. The monoisotopic (exact) mass is 229 g/mol. The lowest BCUT2D eigenvalue weighted by molar-refractivity contribution is 0.00493. The minimum absolute atomic E-state index is 0.00691. The van der Waals surface area contributed by atoms with E-state index in [0.29, 0.717) is 19.8 Å². The molecule has 7 nitrogen and oxygen atoms in total. The second kappa shape index (κ2) is 6.19. The maximum atomic E-state index is 10.5. The van der Waals surface area contributed by atoms with Gasteiger partial charge in [0.05, 0.1) is 32.1 Å². The summed E-state index contributed by atoms with van der Waals surface area (Å²) in [5.41, 5.74) is -0.0649. The topological polar surface area (TPSA) is 86.5 Å². The number of ether oxygens (including phenoxy) is 2. The number of rotatable bonds is 7. The summed E-state index contributed by atoms with van der Waals surface area (Å²) < 4.78 is 11.7. The van der Waals surface area contributed by atoms with Gasteiger partial charge in [0.25, 0.3) is 0 Å². The standard InChI is InChI=1S/C9H15N3O4/c1-7(6-15-2)16-4-3-12-5-8(9(13)14)10-11-12/h5,7H,3-4,6H2,1-2H3,(H,13,14). The fourth-order valence-electron chi connectivity index (χ4n) is 1.14. The molecule has 0 saturated heterocycles. The highest BCUT2D eigenvalue weighted by Crippen LogP contribution is 1.95. The van der Waals surface area contributed by atoms with Gasteiger partial charge in [-0.25, -0.2) is 9.48 Å². The molecule has 7 heteroatoms. The maximum absolute atomic E-state index is 10.5. The van der Waals surface area contributed by atoms with Crippen molar-refractivity contribution in [3.63, 3.8) is 0 Å². The molecule has 90 valence electrons. The summed E-state index contributed by atoms with van der Waals surface area (Å²) in [6.07, 6.45) is 1.37. The molecule has 1 heterocycles. The fourth-order valence-corrected chi connectivity index (χ4v) is 1.14. The fraction of sp³-hybridized carbons (Fsp3) is 0.667. The first-order chi connectivity index (χ1) is 7.63. The smallest absolute Gasteiger partial charge is 0.358 e. The zero-order valence-corrected chi connectivity index (χ0v) is 9.29. The Labute approximate surface area is 93.0 Å². The summed E-state index contributed by atoms with van der Waals surface area (Å²) >= 11 is 0. The van der Waals surface area contributed by atoms with Crippen LogP contribution in [0.5, 0.6) is 0 Å². The molecule has 1 aromatic rings. The van der Waals surface area contributed by atoms with Gasteiger partial charge in [0.1, 0.15) is 0 Å². The van der Waals surface area contributed by atoms with Crippen molar-refractivity contribution in [2.24, 2.45) is 0 Å². The van der Waals surface area contributed by atoms with Crippen molar-refractivity contribution >= 4 is 5.97 Å². The molecule has 1 aromatic heterocycles. The molecule has 0 aliphatic rings. The van der Waals surface area contributed by atoms with Gasteiger partial charge in [-0.1, -0.05) is 5.21 Å². The molecule has 1 rings (SSSR count). The van der Waals surface area contributed by atoms with Crippen molar-refractivity contribution in [1.29, 1.82) is 0 Å². The Hall–Kier alpha value is -1.47. The van der Waals surface area contributed by atoms with Crippen LogP contribution in [0, 0.1) is 0 Å². The Kier molecular flexibility index (Phi) is 4.87. The van der Waals surface area contributed by atoms with Crippen molar-refractivity contribution < 1.29 is 19.4 Å². The molecule has 1 unspecified atom stereocenters. The number of hydrogen-bond acceptors (Lipinski definition) is 5. The van der Waals surface area contributed by atoms with Gasteiger partial charge in [0.2, 0.25) is 0 Å². The van der Waals surface area contributed by atoms with E-state index >= 15 is 0 Å². The predicted octanol–water partition coefficient (Wildman–Crippen LogP) is 0.0278. The molecule has 0 saturated carbocycles. The van der Waals surface area contributed by atoms with Crippen molar-refractivity contribution in [1.82, 2.24) is 15.0 Å². The Morgan fingerprint density at radius 2 is 2.44 bits per heavy atom. The quantitative estimate of drug-likeness (QED) is 0.709. The summed E-state index contributed by atoms with van der Waals surface area (Å²) in [4.78, 5) is 10.5. The average Bonchev–Trinajstić information content (AvgIpc) is 2.67.